The minimum atomic E-state index is 0. The second-order valence-electron chi connectivity index (χ2n) is 6.28. The van der Waals surface area contributed by atoms with Crippen LogP contribution in [0.15, 0.2) is 84.9 Å². The fraction of sp³-hybridized carbons (Fsp3) is 0. The molecule has 5 aromatic carbocycles. The number of fused-ring (bicyclic) bond motifs is 2. The Labute approximate surface area is 216 Å². The van der Waals surface area contributed by atoms with Crippen LogP contribution in [-0.4, -0.2) is 0 Å². The maximum absolute atomic E-state index is 3.39. The van der Waals surface area contributed by atoms with E-state index in [1.54, 1.807) is 0 Å². The molecule has 0 aliphatic rings. The normalized spacial score (nSPS) is 10.3. The summed E-state index contributed by atoms with van der Waals surface area (Å²) in [5.74, 6) is 0. The molecule has 0 fully saturated rings. The molecule has 0 amide bonds. The quantitative estimate of drug-likeness (QED) is 0.240. The van der Waals surface area contributed by atoms with Crippen molar-refractivity contribution in [3.8, 4) is 22.3 Å². The standard InChI is InChI=1S/C26H14.2Y/c1-3-14-23-19(8-1)10-6-16-25(23)21-12-5-13-22(18-21)26-17-7-11-20-9-2-4-15-24(20)26;;/h1-11,14-15,18H;;/q-4;;. The summed E-state index contributed by atoms with van der Waals surface area (Å²) in [6.45, 7) is 0. The van der Waals surface area contributed by atoms with Gasteiger partial charge in [0.25, 0.3) is 0 Å². The van der Waals surface area contributed by atoms with Crippen LogP contribution in [-0.2, 0) is 65.4 Å². The molecule has 0 spiro atoms. The molecule has 128 valence electrons. The molecule has 0 nitrogen and oxygen atoms in total. The van der Waals surface area contributed by atoms with Gasteiger partial charge in [0.15, 0.2) is 0 Å². The third kappa shape index (κ3) is 4.07. The Morgan fingerprint density at radius 1 is 0.500 bits per heavy atom. The van der Waals surface area contributed by atoms with Crippen LogP contribution in [0.3, 0.4) is 0 Å². The molecule has 2 heteroatoms. The van der Waals surface area contributed by atoms with Crippen LogP contribution in [0.4, 0.5) is 0 Å². The largest absolute Gasteiger partial charge is 0.368 e. The van der Waals surface area contributed by atoms with E-state index in [2.05, 4.69) is 91.0 Å². The van der Waals surface area contributed by atoms with Gasteiger partial charge in [-0.3, -0.25) is 11.6 Å². The second-order valence-corrected chi connectivity index (χ2v) is 6.28. The molecule has 0 heterocycles. The van der Waals surface area contributed by atoms with Crippen LogP contribution >= 0.6 is 0 Å². The molecule has 28 heavy (non-hydrogen) atoms. The molecular formula is C26H14Y2-4. The number of hydrogen-bond donors (Lipinski definition) is 0. The zero-order chi connectivity index (χ0) is 17.3. The molecule has 2 radical (unpaired) electrons. The van der Waals surface area contributed by atoms with Crippen LogP contribution < -0.4 is 0 Å². The van der Waals surface area contributed by atoms with Gasteiger partial charge >= 0.3 is 0 Å². The van der Waals surface area contributed by atoms with Gasteiger partial charge in [-0.2, -0.15) is 17.0 Å². The Bertz CT molecular complexity index is 1140. The van der Waals surface area contributed by atoms with Crippen molar-refractivity contribution in [3.05, 3.63) is 109 Å². The van der Waals surface area contributed by atoms with Crippen LogP contribution in [0.25, 0.3) is 43.8 Å². The SMILES string of the molecule is [Y].[Y].[c-]1c[c-]c(-c2[c-]ccc3ccccc23)cc1-c1[c-]ccc2ccccc12. The third-order valence-corrected chi connectivity index (χ3v) is 4.72. The summed E-state index contributed by atoms with van der Waals surface area (Å²) in [6.07, 6.45) is 0. The van der Waals surface area contributed by atoms with Crippen molar-refractivity contribution in [1.29, 1.82) is 0 Å². The van der Waals surface area contributed by atoms with E-state index in [-0.39, 0.29) is 65.4 Å². The fourth-order valence-electron chi connectivity index (χ4n) is 3.48. The summed E-state index contributed by atoms with van der Waals surface area (Å²) in [6, 6.07) is 42.4. The van der Waals surface area contributed by atoms with Crippen LogP contribution in [0, 0.1) is 24.3 Å². The zero-order valence-electron chi connectivity index (χ0n) is 15.2. The summed E-state index contributed by atoms with van der Waals surface area (Å²) in [5, 5.41) is 4.79. The van der Waals surface area contributed by atoms with E-state index in [0.717, 1.165) is 22.3 Å². The molecule has 5 aromatic rings. The Morgan fingerprint density at radius 3 is 1.46 bits per heavy atom. The Hall–Kier alpha value is -1.17. The predicted molar refractivity (Wildman–Crippen MR) is 108 cm³/mol. The van der Waals surface area contributed by atoms with Gasteiger partial charge in [0.2, 0.25) is 0 Å². The van der Waals surface area contributed by atoms with Gasteiger partial charge in [0, 0.05) is 65.4 Å². The van der Waals surface area contributed by atoms with Crippen molar-refractivity contribution in [2.24, 2.45) is 0 Å². The molecule has 0 saturated carbocycles. The molecule has 0 aliphatic heterocycles. The van der Waals surface area contributed by atoms with E-state index in [0.29, 0.717) is 0 Å². The van der Waals surface area contributed by atoms with E-state index >= 15 is 0 Å². The molecule has 0 saturated heterocycles. The Morgan fingerprint density at radius 2 is 0.964 bits per heavy atom. The molecule has 0 N–H and O–H groups in total. The minimum absolute atomic E-state index is 0. The van der Waals surface area contributed by atoms with Crippen molar-refractivity contribution in [3.63, 3.8) is 0 Å². The van der Waals surface area contributed by atoms with Crippen LogP contribution in [0.1, 0.15) is 0 Å². The second kappa shape index (κ2) is 9.55. The average molecular weight is 504 g/mol. The van der Waals surface area contributed by atoms with E-state index in [4.69, 9.17) is 0 Å². The summed E-state index contributed by atoms with van der Waals surface area (Å²) in [7, 11) is 0. The Kier molecular flexibility index (Phi) is 7.35. The number of rotatable bonds is 2. The summed E-state index contributed by atoms with van der Waals surface area (Å²) >= 11 is 0. The zero-order valence-corrected chi connectivity index (χ0v) is 20.9. The van der Waals surface area contributed by atoms with Crippen LogP contribution in [0.5, 0.6) is 0 Å². The summed E-state index contributed by atoms with van der Waals surface area (Å²) < 4.78 is 0. The smallest absolute Gasteiger partial charge is 0 e. The molecule has 0 aromatic heterocycles. The van der Waals surface area contributed by atoms with Crippen molar-refractivity contribution in [1.82, 2.24) is 0 Å². The van der Waals surface area contributed by atoms with Gasteiger partial charge in [-0.25, -0.2) is 6.07 Å². The molecule has 0 unspecified atom stereocenters. The first-order valence-corrected chi connectivity index (χ1v) is 8.63. The topological polar surface area (TPSA) is 0 Å². The first kappa shape index (κ1) is 21.5. The number of benzene rings is 5. The van der Waals surface area contributed by atoms with Gasteiger partial charge in [-0.05, 0) is 0 Å². The average Bonchev–Trinajstić information content (AvgIpc) is 2.73. The van der Waals surface area contributed by atoms with Gasteiger partial charge in [0.05, 0.1) is 0 Å². The first-order chi connectivity index (χ1) is 12.9. The molecule has 0 atom stereocenters. The molecular weight excluding hydrogens is 490 g/mol. The first-order valence-electron chi connectivity index (χ1n) is 8.63. The van der Waals surface area contributed by atoms with Crippen molar-refractivity contribution in [2.75, 3.05) is 0 Å². The molecule has 5 rings (SSSR count). The minimum Gasteiger partial charge on any atom is -0.368 e. The Balaban J connectivity index is 0.00000112. The number of hydrogen-bond acceptors (Lipinski definition) is 0. The summed E-state index contributed by atoms with van der Waals surface area (Å²) in [5.41, 5.74) is 4.19. The monoisotopic (exact) mass is 504 g/mol. The van der Waals surface area contributed by atoms with E-state index in [1.165, 1.54) is 21.5 Å². The third-order valence-electron chi connectivity index (χ3n) is 4.72. The molecule has 0 aliphatic carbocycles. The maximum Gasteiger partial charge on any atom is 0 e. The van der Waals surface area contributed by atoms with E-state index in [9.17, 15) is 0 Å². The van der Waals surface area contributed by atoms with Gasteiger partial charge in [-0.1, -0.05) is 42.5 Å². The van der Waals surface area contributed by atoms with Crippen molar-refractivity contribution in [2.45, 2.75) is 0 Å². The van der Waals surface area contributed by atoms with Gasteiger partial charge in [-0.15, -0.1) is 46.5 Å². The van der Waals surface area contributed by atoms with Gasteiger partial charge in [0.1, 0.15) is 0 Å². The van der Waals surface area contributed by atoms with Gasteiger partial charge < -0.3 is 29.3 Å². The van der Waals surface area contributed by atoms with Crippen molar-refractivity contribution >= 4 is 21.5 Å². The fourth-order valence-corrected chi connectivity index (χ4v) is 3.48. The summed E-state index contributed by atoms with van der Waals surface area (Å²) in [4.78, 5) is 0. The van der Waals surface area contributed by atoms with Crippen molar-refractivity contribution < 1.29 is 65.4 Å². The van der Waals surface area contributed by atoms with E-state index in [1.807, 2.05) is 18.2 Å². The maximum atomic E-state index is 3.39. The molecule has 0 bridgehead atoms. The van der Waals surface area contributed by atoms with Crippen LogP contribution in [0.2, 0.25) is 0 Å². The van der Waals surface area contributed by atoms with E-state index < -0.39 is 0 Å². The predicted octanol–water partition coefficient (Wildman–Crippen LogP) is 6.52.